The van der Waals surface area contributed by atoms with Crippen LogP contribution in [0.25, 0.3) is 10.9 Å². The number of nitrogens with zero attached hydrogens (tertiary/aromatic N) is 2. The van der Waals surface area contributed by atoms with E-state index in [4.69, 9.17) is 11.6 Å². The summed E-state index contributed by atoms with van der Waals surface area (Å²) in [6, 6.07) is 5.70. The zero-order chi connectivity index (χ0) is 12.5. The minimum absolute atomic E-state index is 0.0562. The molecule has 1 unspecified atom stereocenters. The van der Waals surface area contributed by atoms with Crippen molar-refractivity contribution >= 4 is 22.5 Å². The van der Waals surface area contributed by atoms with Gasteiger partial charge in [0.15, 0.2) is 0 Å². The molecule has 0 radical (unpaired) electrons. The monoisotopic (exact) mass is 263 g/mol. The summed E-state index contributed by atoms with van der Waals surface area (Å²) in [5.41, 5.74) is 0.599. The SMILES string of the molecule is O=c1c2c(Cl)cccc2ncn1CC1CCCN1. The summed E-state index contributed by atoms with van der Waals surface area (Å²) in [6.07, 6.45) is 3.88. The fourth-order valence-electron chi connectivity index (χ4n) is 2.44. The highest BCUT2D eigenvalue weighted by atomic mass is 35.5. The van der Waals surface area contributed by atoms with E-state index in [1.165, 1.54) is 6.42 Å². The fourth-order valence-corrected chi connectivity index (χ4v) is 2.69. The molecule has 1 aromatic carbocycles. The van der Waals surface area contributed by atoms with Gasteiger partial charge in [0.25, 0.3) is 5.56 Å². The van der Waals surface area contributed by atoms with Gasteiger partial charge >= 0.3 is 0 Å². The molecule has 3 rings (SSSR count). The van der Waals surface area contributed by atoms with Crippen molar-refractivity contribution < 1.29 is 0 Å². The van der Waals surface area contributed by atoms with Crippen molar-refractivity contribution in [3.63, 3.8) is 0 Å². The van der Waals surface area contributed by atoms with Crippen LogP contribution in [0.15, 0.2) is 29.3 Å². The fraction of sp³-hybridized carbons (Fsp3) is 0.385. The van der Waals surface area contributed by atoms with E-state index in [-0.39, 0.29) is 5.56 Å². The van der Waals surface area contributed by atoms with Gasteiger partial charge in [-0.05, 0) is 31.5 Å². The van der Waals surface area contributed by atoms with Crippen LogP contribution < -0.4 is 10.9 Å². The molecule has 1 aromatic heterocycles. The van der Waals surface area contributed by atoms with E-state index in [1.807, 2.05) is 0 Å². The van der Waals surface area contributed by atoms with Crippen LogP contribution in [-0.4, -0.2) is 22.1 Å². The first-order valence-corrected chi connectivity index (χ1v) is 6.50. The number of rotatable bonds is 2. The number of halogens is 1. The number of hydrogen-bond acceptors (Lipinski definition) is 3. The van der Waals surface area contributed by atoms with Gasteiger partial charge in [-0.2, -0.15) is 0 Å². The molecule has 18 heavy (non-hydrogen) atoms. The first kappa shape index (κ1) is 11.7. The minimum Gasteiger partial charge on any atom is -0.312 e. The topological polar surface area (TPSA) is 46.9 Å². The molecule has 1 aliphatic rings. The smallest absolute Gasteiger partial charge is 0.262 e. The summed E-state index contributed by atoms with van der Waals surface area (Å²) in [5.74, 6) is 0. The molecule has 2 heterocycles. The van der Waals surface area contributed by atoms with Crippen molar-refractivity contribution in [2.24, 2.45) is 0 Å². The van der Waals surface area contributed by atoms with Gasteiger partial charge in [-0.1, -0.05) is 17.7 Å². The zero-order valence-corrected chi connectivity index (χ0v) is 10.7. The Morgan fingerprint density at radius 3 is 3.17 bits per heavy atom. The summed E-state index contributed by atoms with van der Waals surface area (Å²) < 4.78 is 1.65. The normalized spacial score (nSPS) is 19.5. The molecule has 1 saturated heterocycles. The molecule has 0 aliphatic carbocycles. The average molecular weight is 264 g/mol. The number of fused-ring (bicyclic) bond motifs is 1. The van der Waals surface area contributed by atoms with E-state index in [0.29, 0.717) is 28.5 Å². The van der Waals surface area contributed by atoms with Crippen LogP contribution in [0.2, 0.25) is 5.02 Å². The summed E-state index contributed by atoms with van der Waals surface area (Å²) in [5, 5.41) is 4.36. The molecular formula is C13H14ClN3O. The standard InChI is InChI=1S/C13H14ClN3O/c14-10-4-1-5-11-12(10)13(18)17(8-16-11)7-9-3-2-6-15-9/h1,4-5,8-9,15H,2-3,6-7H2. The number of benzene rings is 1. The summed E-state index contributed by atoms with van der Waals surface area (Å²) >= 11 is 6.08. The van der Waals surface area contributed by atoms with Crippen molar-refractivity contribution in [1.82, 2.24) is 14.9 Å². The second-order valence-corrected chi connectivity index (χ2v) is 5.04. The van der Waals surface area contributed by atoms with Crippen molar-refractivity contribution in [1.29, 1.82) is 0 Å². The van der Waals surface area contributed by atoms with Gasteiger partial charge < -0.3 is 5.32 Å². The Bertz CT molecular complexity index is 632. The molecule has 4 nitrogen and oxygen atoms in total. The lowest BCUT2D eigenvalue weighted by atomic mass is 10.2. The molecule has 1 aliphatic heterocycles. The number of nitrogens with one attached hydrogen (secondary N) is 1. The highest BCUT2D eigenvalue weighted by Crippen LogP contribution is 2.17. The molecule has 0 amide bonds. The van der Waals surface area contributed by atoms with Crippen LogP contribution in [0.5, 0.6) is 0 Å². The molecule has 1 atom stereocenters. The maximum atomic E-state index is 12.3. The minimum atomic E-state index is -0.0562. The van der Waals surface area contributed by atoms with Gasteiger partial charge in [0.2, 0.25) is 0 Å². The maximum Gasteiger partial charge on any atom is 0.262 e. The molecule has 0 saturated carbocycles. The molecule has 0 bridgehead atoms. The van der Waals surface area contributed by atoms with Gasteiger partial charge in [0.1, 0.15) is 0 Å². The zero-order valence-electron chi connectivity index (χ0n) is 9.90. The van der Waals surface area contributed by atoms with Gasteiger partial charge in [-0.25, -0.2) is 4.98 Å². The predicted octanol–water partition coefficient (Wildman–Crippen LogP) is 1.80. The summed E-state index contributed by atoms with van der Waals surface area (Å²) in [4.78, 5) is 16.6. The van der Waals surface area contributed by atoms with Crippen LogP contribution in [-0.2, 0) is 6.54 Å². The van der Waals surface area contributed by atoms with E-state index < -0.39 is 0 Å². The van der Waals surface area contributed by atoms with Crippen molar-refractivity contribution in [2.45, 2.75) is 25.4 Å². The van der Waals surface area contributed by atoms with Gasteiger partial charge in [-0.3, -0.25) is 9.36 Å². The molecule has 94 valence electrons. The third-order valence-electron chi connectivity index (χ3n) is 3.38. The summed E-state index contributed by atoms with van der Waals surface area (Å²) in [6.45, 7) is 1.69. The Kier molecular flexibility index (Phi) is 3.06. The predicted molar refractivity (Wildman–Crippen MR) is 72.0 cm³/mol. The van der Waals surface area contributed by atoms with Crippen molar-refractivity contribution in [3.8, 4) is 0 Å². The van der Waals surface area contributed by atoms with Gasteiger partial charge in [0, 0.05) is 12.6 Å². The molecule has 1 fully saturated rings. The van der Waals surface area contributed by atoms with Crippen LogP contribution in [0.4, 0.5) is 0 Å². The quantitative estimate of drug-likeness (QED) is 0.899. The van der Waals surface area contributed by atoms with Gasteiger partial charge in [0.05, 0.1) is 22.3 Å². The first-order valence-electron chi connectivity index (χ1n) is 6.13. The van der Waals surface area contributed by atoms with E-state index in [0.717, 1.165) is 13.0 Å². The Morgan fingerprint density at radius 1 is 1.50 bits per heavy atom. The first-order chi connectivity index (χ1) is 8.75. The van der Waals surface area contributed by atoms with Crippen LogP contribution >= 0.6 is 11.6 Å². The Hall–Kier alpha value is -1.39. The molecule has 1 N–H and O–H groups in total. The number of hydrogen-bond donors (Lipinski definition) is 1. The lowest BCUT2D eigenvalue weighted by Gasteiger charge is -2.12. The van der Waals surface area contributed by atoms with E-state index in [2.05, 4.69) is 10.3 Å². The molecule has 2 aromatic rings. The van der Waals surface area contributed by atoms with Gasteiger partial charge in [-0.15, -0.1) is 0 Å². The van der Waals surface area contributed by atoms with E-state index in [9.17, 15) is 4.79 Å². The molecule has 5 heteroatoms. The highest BCUT2D eigenvalue weighted by Gasteiger charge is 2.16. The second-order valence-electron chi connectivity index (χ2n) is 4.63. The molecule has 0 spiro atoms. The average Bonchev–Trinajstić information content (AvgIpc) is 2.86. The Balaban J connectivity index is 2.05. The molecular weight excluding hydrogens is 250 g/mol. The van der Waals surface area contributed by atoms with Crippen molar-refractivity contribution in [2.75, 3.05) is 6.54 Å². The van der Waals surface area contributed by atoms with Crippen molar-refractivity contribution in [3.05, 3.63) is 39.9 Å². The van der Waals surface area contributed by atoms with E-state index >= 15 is 0 Å². The van der Waals surface area contributed by atoms with Crippen LogP contribution in [0, 0.1) is 0 Å². The lowest BCUT2D eigenvalue weighted by Crippen LogP contribution is -2.32. The highest BCUT2D eigenvalue weighted by molar-refractivity contribution is 6.35. The maximum absolute atomic E-state index is 12.3. The van der Waals surface area contributed by atoms with Crippen LogP contribution in [0.3, 0.4) is 0 Å². The third kappa shape index (κ3) is 2.02. The summed E-state index contributed by atoms with van der Waals surface area (Å²) in [7, 11) is 0. The number of aromatic nitrogens is 2. The second kappa shape index (κ2) is 4.71. The Labute approximate surface area is 110 Å². The largest absolute Gasteiger partial charge is 0.312 e. The lowest BCUT2D eigenvalue weighted by molar-refractivity contribution is 0.497. The van der Waals surface area contributed by atoms with Crippen LogP contribution in [0.1, 0.15) is 12.8 Å². The Morgan fingerprint density at radius 2 is 2.39 bits per heavy atom. The van der Waals surface area contributed by atoms with E-state index in [1.54, 1.807) is 29.1 Å². The third-order valence-corrected chi connectivity index (χ3v) is 3.70.